The summed E-state index contributed by atoms with van der Waals surface area (Å²) >= 11 is 0. The summed E-state index contributed by atoms with van der Waals surface area (Å²) in [4.78, 5) is 11.6. The summed E-state index contributed by atoms with van der Waals surface area (Å²) in [7, 11) is 0. The summed E-state index contributed by atoms with van der Waals surface area (Å²) in [6.45, 7) is 4.44. The third-order valence-corrected chi connectivity index (χ3v) is 2.00. The van der Waals surface area contributed by atoms with Crippen molar-refractivity contribution in [3.05, 3.63) is 23.7 Å². The third-order valence-electron chi connectivity index (χ3n) is 2.00. The van der Waals surface area contributed by atoms with Gasteiger partial charge in [-0.05, 0) is 32.4 Å². The summed E-state index contributed by atoms with van der Waals surface area (Å²) in [6, 6.07) is 1.63. The fourth-order valence-corrected chi connectivity index (χ4v) is 1.07. The van der Waals surface area contributed by atoms with Crippen LogP contribution in [0.5, 0.6) is 0 Å². The molecule has 0 bridgehead atoms. The molecule has 1 aromatic rings. The number of aliphatic hydroxyl groups excluding tert-OH is 1. The zero-order valence-electron chi connectivity index (χ0n) is 8.44. The van der Waals surface area contributed by atoms with Gasteiger partial charge < -0.3 is 14.6 Å². The summed E-state index contributed by atoms with van der Waals surface area (Å²) in [6.07, 6.45) is -0.0908. The number of rotatable bonds is 3. The predicted octanol–water partition coefficient (Wildman–Crippen LogP) is 0.903. The summed E-state index contributed by atoms with van der Waals surface area (Å²) < 4.78 is 4.92. The van der Waals surface area contributed by atoms with Crippen LogP contribution in [-0.2, 0) is 0 Å². The lowest BCUT2D eigenvalue weighted by Crippen LogP contribution is -2.42. The van der Waals surface area contributed by atoms with Crippen molar-refractivity contribution in [1.82, 2.24) is 0 Å². The number of Topliss-reactive ketones (excluding diaryl/α,β-unsaturated/α-hetero) is 1. The maximum absolute atomic E-state index is 11.6. The monoisotopic (exact) mass is 198 g/mol. The lowest BCUT2D eigenvalue weighted by Gasteiger charge is -2.22. The van der Waals surface area contributed by atoms with Crippen molar-refractivity contribution in [2.75, 3.05) is 0 Å². The van der Waals surface area contributed by atoms with E-state index in [1.54, 1.807) is 13.0 Å². The van der Waals surface area contributed by atoms with E-state index in [1.807, 2.05) is 0 Å². The van der Waals surface area contributed by atoms with E-state index >= 15 is 0 Å². The van der Waals surface area contributed by atoms with Crippen molar-refractivity contribution < 1.29 is 19.4 Å². The van der Waals surface area contributed by atoms with Crippen LogP contribution >= 0.6 is 0 Å². The first-order valence-corrected chi connectivity index (χ1v) is 4.33. The van der Waals surface area contributed by atoms with Gasteiger partial charge in [0.15, 0.2) is 5.76 Å². The molecule has 0 amide bonds. The van der Waals surface area contributed by atoms with Crippen molar-refractivity contribution in [3.8, 4) is 0 Å². The van der Waals surface area contributed by atoms with E-state index in [4.69, 9.17) is 4.42 Å². The molecule has 4 nitrogen and oxygen atoms in total. The SMILES string of the molecule is Cc1ccoc1C(=O)C(O)C(C)(C)O. The van der Waals surface area contributed by atoms with Crippen LogP contribution in [-0.4, -0.2) is 27.7 Å². The molecule has 0 aromatic carbocycles. The highest BCUT2D eigenvalue weighted by atomic mass is 16.4. The Morgan fingerprint density at radius 1 is 1.57 bits per heavy atom. The van der Waals surface area contributed by atoms with Crippen LogP contribution in [0.4, 0.5) is 0 Å². The molecule has 1 heterocycles. The fourth-order valence-electron chi connectivity index (χ4n) is 1.07. The molecule has 1 rings (SSSR count). The minimum Gasteiger partial charge on any atom is -0.461 e. The summed E-state index contributed by atoms with van der Waals surface area (Å²) in [5.41, 5.74) is -0.811. The number of furan rings is 1. The largest absolute Gasteiger partial charge is 0.461 e. The highest BCUT2D eigenvalue weighted by Gasteiger charge is 2.33. The number of aliphatic hydroxyl groups is 2. The molecule has 4 heteroatoms. The van der Waals surface area contributed by atoms with Gasteiger partial charge >= 0.3 is 0 Å². The average molecular weight is 198 g/mol. The molecule has 1 unspecified atom stereocenters. The molecule has 0 aliphatic rings. The second kappa shape index (κ2) is 3.55. The zero-order chi connectivity index (χ0) is 10.9. The average Bonchev–Trinajstić information content (AvgIpc) is 2.47. The minimum atomic E-state index is -1.47. The Bertz CT molecular complexity index is 332. The Labute approximate surface area is 82.2 Å². The smallest absolute Gasteiger partial charge is 0.229 e. The van der Waals surface area contributed by atoms with Gasteiger partial charge in [-0.2, -0.15) is 0 Å². The van der Waals surface area contributed by atoms with E-state index in [1.165, 1.54) is 20.1 Å². The van der Waals surface area contributed by atoms with E-state index in [0.29, 0.717) is 5.56 Å². The fraction of sp³-hybridized carbons (Fsp3) is 0.500. The van der Waals surface area contributed by atoms with Crippen molar-refractivity contribution in [1.29, 1.82) is 0 Å². The van der Waals surface area contributed by atoms with E-state index in [-0.39, 0.29) is 5.76 Å². The second-order valence-electron chi connectivity index (χ2n) is 3.85. The molecule has 0 saturated heterocycles. The molecule has 78 valence electrons. The molecule has 0 saturated carbocycles. The quantitative estimate of drug-likeness (QED) is 0.708. The van der Waals surface area contributed by atoms with E-state index < -0.39 is 17.5 Å². The second-order valence-corrected chi connectivity index (χ2v) is 3.85. The molecule has 0 spiro atoms. The first-order chi connectivity index (χ1) is 6.34. The molecule has 0 aliphatic carbocycles. The van der Waals surface area contributed by atoms with E-state index in [0.717, 1.165) is 0 Å². The van der Waals surface area contributed by atoms with Gasteiger partial charge in [0.05, 0.1) is 11.9 Å². The van der Waals surface area contributed by atoms with E-state index in [2.05, 4.69) is 0 Å². The lowest BCUT2D eigenvalue weighted by molar-refractivity contribution is -0.0336. The molecule has 1 aromatic heterocycles. The zero-order valence-corrected chi connectivity index (χ0v) is 8.44. The standard InChI is InChI=1S/C10H14O4/c1-6-4-5-14-8(6)7(11)9(12)10(2,3)13/h4-5,9,12-13H,1-3H3. The van der Waals surface area contributed by atoms with Crippen LogP contribution < -0.4 is 0 Å². The highest BCUT2D eigenvalue weighted by molar-refractivity contribution is 5.98. The first kappa shape index (κ1) is 10.9. The number of hydrogen-bond donors (Lipinski definition) is 2. The molecular weight excluding hydrogens is 184 g/mol. The molecule has 1 atom stereocenters. The van der Waals surface area contributed by atoms with Crippen LogP contribution in [0.1, 0.15) is 30.0 Å². The van der Waals surface area contributed by atoms with Gasteiger partial charge in [-0.3, -0.25) is 4.79 Å². The van der Waals surface area contributed by atoms with Crippen molar-refractivity contribution in [3.63, 3.8) is 0 Å². The highest BCUT2D eigenvalue weighted by Crippen LogP contribution is 2.17. The predicted molar refractivity (Wildman–Crippen MR) is 50.1 cm³/mol. The Morgan fingerprint density at radius 2 is 2.14 bits per heavy atom. The minimum absolute atomic E-state index is 0.0969. The van der Waals surface area contributed by atoms with Gasteiger partial charge in [0.1, 0.15) is 6.10 Å². The van der Waals surface area contributed by atoms with Crippen LogP contribution in [0.15, 0.2) is 16.7 Å². The summed E-state index contributed by atoms with van der Waals surface area (Å²) in [5, 5.41) is 18.9. The van der Waals surface area contributed by atoms with Crippen LogP contribution in [0.3, 0.4) is 0 Å². The molecule has 0 fully saturated rings. The van der Waals surface area contributed by atoms with Crippen LogP contribution in [0.2, 0.25) is 0 Å². The normalized spacial score (nSPS) is 14.1. The maximum Gasteiger partial charge on any atom is 0.229 e. The number of aryl methyl sites for hydroxylation is 1. The molecule has 0 radical (unpaired) electrons. The van der Waals surface area contributed by atoms with Crippen LogP contribution in [0, 0.1) is 6.92 Å². The topological polar surface area (TPSA) is 70.7 Å². The van der Waals surface area contributed by atoms with Crippen molar-refractivity contribution >= 4 is 5.78 Å². The molecule has 2 N–H and O–H groups in total. The summed E-state index contributed by atoms with van der Waals surface area (Å²) in [5.74, 6) is -0.500. The molecule has 0 aliphatic heterocycles. The number of ketones is 1. The van der Waals surface area contributed by atoms with Crippen molar-refractivity contribution in [2.45, 2.75) is 32.5 Å². The Morgan fingerprint density at radius 3 is 2.50 bits per heavy atom. The Hall–Kier alpha value is -1.13. The Balaban J connectivity index is 2.92. The number of carbonyl (C=O) groups excluding carboxylic acids is 1. The van der Waals surface area contributed by atoms with Crippen molar-refractivity contribution in [2.24, 2.45) is 0 Å². The van der Waals surface area contributed by atoms with Gasteiger partial charge in [0, 0.05) is 0 Å². The maximum atomic E-state index is 11.6. The Kier molecular flexibility index (Phi) is 2.78. The van der Waals surface area contributed by atoms with Gasteiger partial charge in [-0.25, -0.2) is 0 Å². The molecule has 14 heavy (non-hydrogen) atoms. The van der Waals surface area contributed by atoms with Gasteiger partial charge in [0.25, 0.3) is 0 Å². The van der Waals surface area contributed by atoms with Crippen LogP contribution in [0.25, 0.3) is 0 Å². The number of carbonyl (C=O) groups is 1. The number of hydrogen-bond acceptors (Lipinski definition) is 4. The lowest BCUT2D eigenvalue weighted by atomic mass is 9.96. The van der Waals surface area contributed by atoms with Gasteiger partial charge in [-0.1, -0.05) is 0 Å². The third kappa shape index (κ3) is 2.02. The first-order valence-electron chi connectivity index (χ1n) is 4.33. The van der Waals surface area contributed by atoms with E-state index in [9.17, 15) is 15.0 Å². The molecular formula is C10H14O4. The van der Waals surface area contributed by atoms with Gasteiger partial charge in [0.2, 0.25) is 5.78 Å². The van der Waals surface area contributed by atoms with Gasteiger partial charge in [-0.15, -0.1) is 0 Å².